The van der Waals surface area contributed by atoms with E-state index in [1.807, 2.05) is 30.3 Å². The predicted molar refractivity (Wildman–Crippen MR) is 93.8 cm³/mol. The number of aromatic carboxylic acids is 1. The molecule has 0 unspecified atom stereocenters. The number of methoxy groups -OCH3 is 1. The maximum atomic E-state index is 11.4. The molecule has 25 heavy (non-hydrogen) atoms. The molecule has 0 radical (unpaired) electrons. The van der Waals surface area contributed by atoms with Crippen LogP contribution in [0, 0.1) is 10.1 Å². The number of nitrogens with zero attached hydrogens (tertiary/aromatic N) is 1. The molecule has 126 valence electrons. The number of nitro benzene ring substituents is 1. The monoisotopic (exact) mass is 338 g/mol. The first-order chi connectivity index (χ1) is 12.0. The lowest BCUT2D eigenvalue weighted by atomic mass is 10.1. The fourth-order valence-corrected chi connectivity index (χ4v) is 2.59. The summed E-state index contributed by atoms with van der Waals surface area (Å²) < 4.78 is 5.34. The van der Waals surface area contributed by atoms with E-state index >= 15 is 0 Å². The molecule has 0 aliphatic heterocycles. The van der Waals surface area contributed by atoms with Crippen molar-refractivity contribution in [2.45, 2.75) is 0 Å². The van der Waals surface area contributed by atoms with Crippen LogP contribution in [-0.2, 0) is 0 Å². The van der Waals surface area contributed by atoms with E-state index in [0.29, 0.717) is 11.4 Å². The number of carbonyl (C=O) groups is 1. The summed E-state index contributed by atoms with van der Waals surface area (Å²) in [6.45, 7) is 0. The first-order valence-electron chi connectivity index (χ1n) is 7.35. The SMILES string of the molecule is COc1cccc2ccc(Nc3ccc([N+](=O)[O-])cc3C(=O)O)cc12. The number of carboxylic acids is 1. The van der Waals surface area contributed by atoms with E-state index in [2.05, 4.69) is 5.32 Å². The standard InChI is InChI=1S/C18H14N2O5/c1-25-17-4-2-3-11-5-6-12(9-14(11)17)19-16-8-7-13(20(23)24)10-15(16)18(21)22/h2-10,19H,1H3,(H,21,22). The molecule has 0 saturated heterocycles. The Hall–Kier alpha value is -3.61. The van der Waals surface area contributed by atoms with Gasteiger partial charge in [-0.25, -0.2) is 4.79 Å². The van der Waals surface area contributed by atoms with Crippen molar-refractivity contribution in [2.75, 3.05) is 12.4 Å². The third kappa shape index (κ3) is 3.20. The summed E-state index contributed by atoms with van der Waals surface area (Å²) in [5.74, 6) is -0.548. The van der Waals surface area contributed by atoms with Crippen molar-refractivity contribution in [3.05, 3.63) is 70.3 Å². The molecule has 0 spiro atoms. The molecule has 0 fully saturated rings. The number of nitro groups is 1. The second-order valence-electron chi connectivity index (χ2n) is 5.31. The Kier molecular flexibility index (Phi) is 4.21. The lowest BCUT2D eigenvalue weighted by Gasteiger charge is -2.12. The van der Waals surface area contributed by atoms with Crippen molar-refractivity contribution < 1.29 is 19.6 Å². The lowest BCUT2D eigenvalue weighted by molar-refractivity contribution is -0.384. The zero-order chi connectivity index (χ0) is 18.0. The number of carboxylic acid groups (broad SMARTS) is 1. The minimum atomic E-state index is -1.25. The van der Waals surface area contributed by atoms with Gasteiger partial charge in [0.15, 0.2) is 0 Å². The van der Waals surface area contributed by atoms with Crippen LogP contribution in [0.2, 0.25) is 0 Å². The summed E-state index contributed by atoms with van der Waals surface area (Å²) in [7, 11) is 1.58. The maximum Gasteiger partial charge on any atom is 0.338 e. The fraction of sp³-hybridized carbons (Fsp3) is 0.0556. The van der Waals surface area contributed by atoms with Gasteiger partial charge in [-0.15, -0.1) is 0 Å². The zero-order valence-electron chi connectivity index (χ0n) is 13.2. The van der Waals surface area contributed by atoms with Gasteiger partial charge in [0, 0.05) is 23.2 Å². The molecular weight excluding hydrogens is 324 g/mol. The summed E-state index contributed by atoms with van der Waals surface area (Å²) in [4.78, 5) is 21.6. The molecule has 3 aromatic rings. The fourth-order valence-electron chi connectivity index (χ4n) is 2.59. The molecule has 0 atom stereocenters. The second kappa shape index (κ2) is 6.48. The van der Waals surface area contributed by atoms with E-state index in [1.54, 1.807) is 13.2 Å². The van der Waals surface area contributed by atoms with Crippen LogP contribution in [0.4, 0.5) is 17.1 Å². The van der Waals surface area contributed by atoms with Crippen LogP contribution in [0.5, 0.6) is 5.75 Å². The topological polar surface area (TPSA) is 102 Å². The molecule has 0 bridgehead atoms. The Morgan fingerprint density at radius 3 is 2.64 bits per heavy atom. The van der Waals surface area contributed by atoms with Crippen LogP contribution in [0.25, 0.3) is 10.8 Å². The Labute approximate surface area is 142 Å². The number of rotatable bonds is 5. The smallest absolute Gasteiger partial charge is 0.338 e. The van der Waals surface area contributed by atoms with Crippen LogP contribution in [0.15, 0.2) is 54.6 Å². The summed E-state index contributed by atoms with van der Waals surface area (Å²) >= 11 is 0. The highest BCUT2D eigenvalue weighted by atomic mass is 16.6. The van der Waals surface area contributed by atoms with E-state index < -0.39 is 10.9 Å². The van der Waals surface area contributed by atoms with E-state index in [9.17, 15) is 20.0 Å². The number of fused-ring (bicyclic) bond motifs is 1. The van der Waals surface area contributed by atoms with Crippen LogP contribution in [-0.4, -0.2) is 23.1 Å². The Balaban J connectivity index is 2.03. The molecule has 0 aliphatic carbocycles. The van der Waals surface area contributed by atoms with Gasteiger partial charge in [-0.05, 0) is 29.7 Å². The van der Waals surface area contributed by atoms with Gasteiger partial charge in [0.2, 0.25) is 0 Å². The number of ether oxygens (including phenoxy) is 1. The molecule has 0 aromatic heterocycles. The largest absolute Gasteiger partial charge is 0.496 e. The summed E-state index contributed by atoms with van der Waals surface area (Å²) in [6, 6.07) is 14.8. The quantitative estimate of drug-likeness (QED) is 0.534. The number of non-ortho nitro benzene ring substituents is 1. The van der Waals surface area contributed by atoms with Gasteiger partial charge in [-0.1, -0.05) is 18.2 Å². The first kappa shape index (κ1) is 16.3. The number of hydrogen-bond acceptors (Lipinski definition) is 5. The molecule has 3 rings (SSSR count). The van der Waals surface area contributed by atoms with E-state index in [-0.39, 0.29) is 16.9 Å². The first-order valence-corrected chi connectivity index (χ1v) is 7.35. The Morgan fingerprint density at radius 2 is 1.96 bits per heavy atom. The van der Waals surface area contributed by atoms with Gasteiger partial charge in [0.25, 0.3) is 5.69 Å². The van der Waals surface area contributed by atoms with E-state index in [4.69, 9.17) is 4.74 Å². The Bertz CT molecular complexity index is 984. The molecular formula is C18H14N2O5. The Morgan fingerprint density at radius 1 is 1.16 bits per heavy atom. The van der Waals surface area contributed by atoms with E-state index in [1.165, 1.54) is 12.1 Å². The van der Waals surface area contributed by atoms with Gasteiger partial charge >= 0.3 is 5.97 Å². The molecule has 0 amide bonds. The summed E-state index contributed by atoms with van der Waals surface area (Å²) in [5, 5.41) is 25.0. The maximum absolute atomic E-state index is 11.4. The van der Waals surface area contributed by atoms with Gasteiger partial charge in [0.1, 0.15) is 5.75 Å². The second-order valence-corrected chi connectivity index (χ2v) is 5.31. The van der Waals surface area contributed by atoms with E-state index in [0.717, 1.165) is 16.8 Å². The number of benzene rings is 3. The summed E-state index contributed by atoms with van der Waals surface area (Å²) in [6.07, 6.45) is 0. The third-order valence-corrected chi connectivity index (χ3v) is 3.79. The number of nitrogens with one attached hydrogen (secondary N) is 1. The van der Waals surface area contributed by atoms with Crippen molar-refractivity contribution >= 4 is 33.8 Å². The van der Waals surface area contributed by atoms with Crippen LogP contribution < -0.4 is 10.1 Å². The molecule has 0 aliphatic rings. The van der Waals surface area contributed by atoms with Crippen LogP contribution >= 0.6 is 0 Å². The van der Waals surface area contributed by atoms with Gasteiger partial charge in [-0.2, -0.15) is 0 Å². The zero-order valence-corrected chi connectivity index (χ0v) is 13.2. The van der Waals surface area contributed by atoms with Crippen molar-refractivity contribution in [2.24, 2.45) is 0 Å². The molecule has 7 heteroatoms. The lowest BCUT2D eigenvalue weighted by Crippen LogP contribution is -2.04. The summed E-state index contributed by atoms with van der Waals surface area (Å²) in [5.41, 5.74) is 0.471. The van der Waals surface area contributed by atoms with Crippen molar-refractivity contribution in [3.63, 3.8) is 0 Å². The normalized spacial score (nSPS) is 10.4. The van der Waals surface area contributed by atoms with Gasteiger partial charge < -0.3 is 15.2 Å². The highest BCUT2D eigenvalue weighted by Crippen LogP contribution is 2.31. The molecule has 7 nitrogen and oxygen atoms in total. The average molecular weight is 338 g/mol. The average Bonchev–Trinajstić information content (AvgIpc) is 2.61. The predicted octanol–water partition coefficient (Wildman–Crippen LogP) is 4.20. The van der Waals surface area contributed by atoms with Crippen molar-refractivity contribution in [1.82, 2.24) is 0 Å². The highest BCUT2D eigenvalue weighted by Gasteiger charge is 2.16. The molecule has 3 aromatic carbocycles. The van der Waals surface area contributed by atoms with Gasteiger partial charge in [-0.3, -0.25) is 10.1 Å². The molecule has 0 saturated carbocycles. The third-order valence-electron chi connectivity index (χ3n) is 3.79. The van der Waals surface area contributed by atoms with Crippen LogP contribution in [0.1, 0.15) is 10.4 Å². The van der Waals surface area contributed by atoms with Crippen LogP contribution in [0.3, 0.4) is 0 Å². The molecule has 2 N–H and O–H groups in total. The molecule has 0 heterocycles. The number of anilines is 2. The number of hydrogen-bond donors (Lipinski definition) is 2. The minimum Gasteiger partial charge on any atom is -0.496 e. The van der Waals surface area contributed by atoms with Crippen molar-refractivity contribution in [3.8, 4) is 5.75 Å². The van der Waals surface area contributed by atoms with Gasteiger partial charge in [0.05, 0.1) is 23.3 Å². The highest BCUT2D eigenvalue weighted by molar-refractivity contribution is 5.97. The minimum absolute atomic E-state index is 0.172. The van der Waals surface area contributed by atoms with Crippen molar-refractivity contribution in [1.29, 1.82) is 0 Å².